The monoisotopic (exact) mass is 345 g/mol. The number of nitrogens with one attached hydrogen (secondary N) is 1. The molecule has 8 nitrogen and oxygen atoms in total. The molecule has 25 heavy (non-hydrogen) atoms. The molecule has 0 aliphatic carbocycles. The van der Waals surface area contributed by atoms with Crippen LogP contribution in [0.5, 0.6) is 23.5 Å². The van der Waals surface area contributed by atoms with Crippen molar-refractivity contribution >= 4 is 12.2 Å². The molecule has 0 saturated heterocycles. The van der Waals surface area contributed by atoms with Gasteiger partial charge in [0.2, 0.25) is 11.8 Å². The highest BCUT2D eigenvalue weighted by Crippen LogP contribution is 2.26. The summed E-state index contributed by atoms with van der Waals surface area (Å²) in [6, 6.07) is 7.50. The summed E-state index contributed by atoms with van der Waals surface area (Å²) in [5, 5.41) is 2.63. The number of para-hydroxylation sites is 1. The second-order valence-electron chi connectivity index (χ2n) is 4.96. The highest BCUT2D eigenvalue weighted by molar-refractivity contribution is 5.98. The third-order valence-electron chi connectivity index (χ3n) is 3.33. The number of hydrogen-bond acceptors (Lipinski definition) is 7. The number of hydrogen-bond donors (Lipinski definition) is 1. The number of methoxy groups -OCH3 is 2. The first-order valence-corrected chi connectivity index (χ1v) is 7.61. The van der Waals surface area contributed by atoms with Crippen LogP contribution in [0.4, 0.5) is 0 Å². The lowest BCUT2D eigenvalue weighted by atomic mass is 10.1. The molecule has 0 radical (unpaired) electrons. The number of benzene rings is 1. The van der Waals surface area contributed by atoms with E-state index < -0.39 is 11.9 Å². The van der Waals surface area contributed by atoms with Gasteiger partial charge in [0.25, 0.3) is 5.91 Å². The summed E-state index contributed by atoms with van der Waals surface area (Å²) in [5.74, 6) is 0.340. The van der Waals surface area contributed by atoms with Crippen LogP contribution in [0.2, 0.25) is 0 Å². The Morgan fingerprint density at radius 1 is 1.20 bits per heavy atom. The Morgan fingerprint density at radius 2 is 1.84 bits per heavy atom. The van der Waals surface area contributed by atoms with E-state index in [2.05, 4.69) is 15.3 Å². The quantitative estimate of drug-likeness (QED) is 0.730. The molecule has 8 heteroatoms. The molecule has 132 valence electrons. The van der Waals surface area contributed by atoms with Crippen LogP contribution in [0.1, 0.15) is 23.7 Å². The summed E-state index contributed by atoms with van der Waals surface area (Å²) in [5.41, 5.74) is 0.258. The Bertz CT molecular complexity index is 729. The van der Waals surface area contributed by atoms with Crippen molar-refractivity contribution in [3.8, 4) is 23.5 Å². The van der Waals surface area contributed by atoms with Crippen LogP contribution in [0.3, 0.4) is 0 Å². The van der Waals surface area contributed by atoms with Crippen molar-refractivity contribution in [2.45, 2.75) is 19.4 Å². The highest BCUT2D eigenvalue weighted by atomic mass is 16.5. The second-order valence-corrected chi connectivity index (χ2v) is 4.96. The molecule has 1 heterocycles. The van der Waals surface area contributed by atoms with Gasteiger partial charge in [-0.05, 0) is 18.6 Å². The molecule has 2 rings (SSSR count). The van der Waals surface area contributed by atoms with Gasteiger partial charge in [0.1, 0.15) is 12.0 Å². The summed E-state index contributed by atoms with van der Waals surface area (Å²) in [6.45, 7) is 1.80. The van der Waals surface area contributed by atoms with Gasteiger partial charge < -0.3 is 24.3 Å². The van der Waals surface area contributed by atoms with Crippen LogP contribution in [0.25, 0.3) is 0 Å². The van der Waals surface area contributed by atoms with Crippen LogP contribution in [0, 0.1) is 0 Å². The molecular formula is C17H19N3O5. The number of carbonyl (C=O) groups is 2. The number of ether oxygens (including phenoxy) is 3. The average molecular weight is 345 g/mol. The fourth-order valence-electron chi connectivity index (χ4n) is 1.96. The Kier molecular flexibility index (Phi) is 6.27. The number of amides is 1. The lowest BCUT2D eigenvalue weighted by Crippen LogP contribution is -2.35. The minimum atomic E-state index is -0.561. The SMILES string of the molecule is CCC(C=O)NC(=O)c1ccccc1Oc1nc(OC)cc(OC)n1. The largest absolute Gasteiger partial charge is 0.481 e. The lowest BCUT2D eigenvalue weighted by Gasteiger charge is -2.13. The molecule has 1 N–H and O–H groups in total. The first kappa shape index (κ1) is 18.2. The first-order chi connectivity index (χ1) is 12.1. The zero-order valence-electron chi connectivity index (χ0n) is 14.2. The molecule has 1 atom stereocenters. The fourth-order valence-corrected chi connectivity index (χ4v) is 1.96. The molecular weight excluding hydrogens is 326 g/mol. The minimum Gasteiger partial charge on any atom is -0.481 e. The average Bonchev–Trinajstić information content (AvgIpc) is 2.65. The van der Waals surface area contributed by atoms with Gasteiger partial charge in [-0.3, -0.25) is 4.79 Å². The van der Waals surface area contributed by atoms with E-state index in [4.69, 9.17) is 14.2 Å². The minimum absolute atomic E-state index is 0.0288. The maximum absolute atomic E-state index is 12.4. The molecule has 0 bridgehead atoms. The van der Waals surface area contributed by atoms with Crippen molar-refractivity contribution in [1.82, 2.24) is 15.3 Å². The summed E-state index contributed by atoms with van der Waals surface area (Å²) < 4.78 is 15.8. The van der Waals surface area contributed by atoms with Crippen molar-refractivity contribution in [2.75, 3.05) is 14.2 Å². The Morgan fingerprint density at radius 3 is 2.40 bits per heavy atom. The van der Waals surface area contributed by atoms with Crippen LogP contribution >= 0.6 is 0 Å². The molecule has 0 spiro atoms. The van der Waals surface area contributed by atoms with E-state index in [-0.39, 0.29) is 29.1 Å². The molecule has 0 aliphatic rings. The van der Waals surface area contributed by atoms with Gasteiger partial charge in [-0.2, -0.15) is 9.97 Å². The molecule has 0 saturated carbocycles. The molecule has 0 aliphatic heterocycles. The summed E-state index contributed by atoms with van der Waals surface area (Å²) in [4.78, 5) is 31.4. The number of nitrogens with zero attached hydrogens (tertiary/aromatic N) is 2. The molecule has 1 amide bonds. The highest BCUT2D eigenvalue weighted by Gasteiger charge is 2.17. The van der Waals surface area contributed by atoms with E-state index in [1.807, 2.05) is 0 Å². The van der Waals surface area contributed by atoms with E-state index in [1.165, 1.54) is 20.3 Å². The fraction of sp³-hybridized carbons (Fsp3) is 0.294. The van der Waals surface area contributed by atoms with E-state index in [0.29, 0.717) is 12.7 Å². The number of rotatable bonds is 8. The van der Waals surface area contributed by atoms with E-state index in [9.17, 15) is 9.59 Å². The van der Waals surface area contributed by atoms with Gasteiger partial charge in [0.15, 0.2) is 0 Å². The molecule has 1 aromatic carbocycles. The molecule has 0 fully saturated rings. The summed E-state index contributed by atoms with van der Waals surface area (Å²) in [7, 11) is 2.91. The Balaban J connectivity index is 2.29. The normalized spacial score (nSPS) is 11.3. The van der Waals surface area contributed by atoms with Crippen molar-refractivity contribution in [3.63, 3.8) is 0 Å². The van der Waals surface area contributed by atoms with Crippen LogP contribution in [0.15, 0.2) is 30.3 Å². The van der Waals surface area contributed by atoms with Crippen LogP contribution in [-0.4, -0.2) is 42.4 Å². The summed E-state index contributed by atoms with van der Waals surface area (Å²) >= 11 is 0. The second kappa shape index (κ2) is 8.62. The zero-order valence-corrected chi connectivity index (χ0v) is 14.2. The predicted octanol–water partition coefficient (Wildman–Crippen LogP) is 1.99. The van der Waals surface area contributed by atoms with Crippen LogP contribution in [-0.2, 0) is 4.79 Å². The number of aldehydes is 1. The Labute approximate surface area is 145 Å². The van der Waals surface area contributed by atoms with Gasteiger partial charge in [0.05, 0.1) is 31.9 Å². The van der Waals surface area contributed by atoms with Gasteiger partial charge in [0, 0.05) is 0 Å². The lowest BCUT2D eigenvalue weighted by molar-refractivity contribution is -0.109. The first-order valence-electron chi connectivity index (χ1n) is 7.61. The van der Waals surface area contributed by atoms with Crippen molar-refractivity contribution in [2.24, 2.45) is 0 Å². The maximum Gasteiger partial charge on any atom is 0.328 e. The standard InChI is InChI=1S/C17H19N3O5/c1-4-11(10-21)18-16(22)12-7-5-6-8-13(12)25-17-19-14(23-2)9-15(20-17)24-3/h5-11H,4H2,1-3H3,(H,18,22). The van der Waals surface area contributed by atoms with Crippen molar-refractivity contribution in [1.29, 1.82) is 0 Å². The van der Waals surface area contributed by atoms with Crippen molar-refractivity contribution < 1.29 is 23.8 Å². The molecule has 1 aromatic heterocycles. The van der Waals surface area contributed by atoms with Gasteiger partial charge >= 0.3 is 6.01 Å². The van der Waals surface area contributed by atoms with E-state index >= 15 is 0 Å². The van der Waals surface area contributed by atoms with Gasteiger partial charge in [-0.25, -0.2) is 0 Å². The number of aromatic nitrogens is 2. The number of carbonyl (C=O) groups excluding carboxylic acids is 2. The summed E-state index contributed by atoms with van der Waals surface area (Å²) in [6.07, 6.45) is 1.19. The topological polar surface area (TPSA) is 99.6 Å². The Hall–Kier alpha value is -3.16. The maximum atomic E-state index is 12.4. The molecule has 2 aromatic rings. The van der Waals surface area contributed by atoms with E-state index in [1.54, 1.807) is 31.2 Å². The van der Waals surface area contributed by atoms with Gasteiger partial charge in [-0.15, -0.1) is 0 Å². The van der Waals surface area contributed by atoms with Crippen LogP contribution < -0.4 is 19.5 Å². The molecule has 1 unspecified atom stereocenters. The zero-order chi connectivity index (χ0) is 18.2. The van der Waals surface area contributed by atoms with Crippen molar-refractivity contribution in [3.05, 3.63) is 35.9 Å². The van der Waals surface area contributed by atoms with E-state index in [0.717, 1.165) is 0 Å². The third kappa shape index (κ3) is 4.66. The predicted molar refractivity (Wildman–Crippen MR) is 89.3 cm³/mol. The third-order valence-corrected chi connectivity index (χ3v) is 3.33. The van der Waals surface area contributed by atoms with Gasteiger partial charge in [-0.1, -0.05) is 19.1 Å². The smallest absolute Gasteiger partial charge is 0.328 e.